The summed E-state index contributed by atoms with van der Waals surface area (Å²) in [5.74, 6) is -1.15. The van der Waals surface area contributed by atoms with E-state index in [4.69, 9.17) is 24.8 Å². The maximum atomic E-state index is 12.5. The van der Waals surface area contributed by atoms with Crippen molar-refractivity contribution in [2.24, 2.45) is 0 Å². The third kappa shape index (κ3) is 6.28. The predicted molar refractivity (Wildman–Crippen MR) is 130 cm³/mol. The molecule has 0 aliphatic carbocycles. The first-order valence-electron chi connectivity index (χ1n) is 11.0. The van der Waals surface area contributed by atoms with Crippen LogP contribution in [-0.4, -0.2) is 121 Å². The zero-order valence-corrected chi connectivity index (χ0v) is 22.4. The molecule has 0 amide bonds. The van der Waals surface area contributed by atoms with Gasteiger partial charge in [-0.15, -0.1) is 0 Å². The number of hydrogen-bond donors (Lipinski definition) is 10. The molecule has 4 rings (SSSR count). The molecule has 0 aromatic carbocycles. The molecule has 2 aromatic rings. The molecule has 224 valence electrons. The van der Waals surface area contributed by atoms with Crippen LogP contribution in [0.1, 0.15) is 6.23 Å². The van der Waals surface area contributed by atoms with Gasteiger partial charge in [0.25, 0.3) is 0 Å². The molecule has 0 bridgehead atoms. The van der Waals surface area contributed by atoms with Crippen molar-refractivity contribution in [1.82, 2.24) is 19.5 Å². The number of rotatable bonds is 10. The van der Waals surface area contributed by atoms with Gasteiger partial charge in [-0.2, -0.15) is 0 Å². The van der Waals surface area contributed by atoms with Crippen LogP contribution in [0, 0.1) is 0 Å². The van der Waals surface area contributed by atoms with Gasteiger partial charge in [-0.25, -0.2) is 23.8 Å². The summed E-state index contributed by atoms with van der Waals surface area (Å²) in [5, 5.41) is 69.4. The molecular weight excluding hydrogens is 608 g/mol. The van der Waals surface area contributed by atoms with Crippen LogP contribution in [0.5, 0.6) is 0 Å². The van der Waals surface area contributed by atoms with E-state index in [1.165, 1.54) is 10.9 Å². The molecule has 2 aliphatic heterocycles. The Balaban J connectivity index is 1.39. The highest BCUT2D eigenvalue weighted by Gasteiger charge is 2.50. The maximum absolute atomic E-state index is 12.5. The lowest BCUT2D eigenvalue weighted by atomic mass is 9.96. The summed E-state index contributed by atoms with van der Waals surface area (Å²) < 4.78 is 38.2. The van der Waals surface area contributed by atoms with Crippen LogP contribution in [-0.2, 0) is 39.2 Å². The van der Waals surface area contributed by atoms with Crippen molar-refractivity contribution in [3.05, 3.63) is 24.2 Å². The second-order valence-electron chi connectivity index (χ2n) is 8.43. The minimum Gasteiger partial charge on any atom is -0.506 e. The van der Waals surface area contributed by atoms with Gasteiger partial charge >= 0.3 is 14.5 Å². The summed E-state index contributed by atoms with van der Waals surface area (Å²) in [7, 11) is -5.46. The van der Waals surface area contributed by atoms with E-state index in [0.29, 0.717) is 0 Å². The van der Waals surface area contributed by atoms with Crippen molar-refractivity contribution >= 4 is 43.3 Å². The first kappa shape index (κ1) is 31.0. The number of aliphatic hydroxyl groups is 7. The van der Waals surface area contributed by atoms with Gasteiger partial charge in [-0.05, 0) is 11.8 Å². The van der Waals surface area contributed by atoms with Gasteiger partial charge in [0.2, 0.25) is 6.23 Å². The summed E-state index contributed by atoms with van der Waals surface area (Å²) in [6, 6.07) is 0. The first-order chi connectivity index (χ1) is 18.7. The van der Waals surface area contributed by atoms with Gasteiger partial charge in [0.05, 0.1) is 6.61 Å². The molecule has 0 saturated carbocycles. The molecule has 40 heavy (non-hydrogen) atoms. The van der Waals surface area contributed by atoms with E-state index in [1.807, 2.05) is 0 Å². The Morgan fingerprint density at radius 2 is 1.85 bits per heavy atom. The van der Waals surface area contributed by atoms with E-state index in [-0.39, 0.29) is 17.0 Å². The number of hydrogen-bond acceptors (Lipinski definition) is 18. The minimum absolute atomic E-state index is 0.0441. The van der Waals surface area contributed by atoms with E-state index in [2.05, 4.69) is 35.6 Å². The maximum Gasteiger partial charge on any atom is 0.481 e. The normalized spacial score (nSPS) is 33.0. The number of ether oxygens (including phenoxy) is 2. The molecule has 0 spiro atoms. The number of aliphatic hydroxyl groups excluding tert-OH is 7. The highest BCUT2D eigenvalue weighted by atomic mass is 32.5. The number of nitrogens with zero attached hydrogens (tertiary/aromatic N) is 4. The van der Waals surface area contributed by atoms with E-state index < -0.39 is 88.4 Å². The molecule has 1 saturated heterocycles. The second-order valence-corrected chi connectivity index (χ2v) is 12.8. The van der Waals surface area contributed by atoms with Crippen molar-refractivity contribution in [2.45, 2.75) is 49.1 Å². The van der Waals surface area contributed by atoms with Gasteiger partial charge in [0.15, 0.2) is 35.4 Å². The Morgan fingerprint density at radius 3 is 2.52 bits per heavy atom. The monoisotopic (exact) mass is 633 g/mol. The lowest BCUT2D eigenvalue weighted by Crippen LogP contribution is -2.61. The molecule has 0 radical (unpaired) electrons. The van der Waals surface area contributed by atoms with Crippen molar-refractivity contribution < 1.29 is 72.9 Å². The first-order valence-corrected chi connectivity index (χ1v) is 15.1. The van der Waals surface area contributed by atoms with E-state index >= 15 is 0 Å². The summed E-state index contributed by atoms with van der Waals surface area (Å²) in [5.41, 5.74) is 6.07. The van der Waals surface area contributed by atoms with Gasteiger partial charge in [-0.3, -0.25) is 9.09 Å². The second kappa shape index (κ2) is 11.8. The van der Waals surface area contributed by atoms with Crippen molar-refractivity contribution in [3.63, 3.8) is 0 Å². The molecule has 4 heterocycles. The van der Waals surface area contributed by atoms with Crippen molar-refractivity contribution in [1.29, 1.82) is 0 Å². The number of phosphoric ester groups is 1. The summed E-state index contributed by atoms with van der Waals surface area (Å²) in [6.07, 6.45) is -12.5. The van der Waals surface area contributed by atoms with Gasteiger partial charge < -0.3 is 65.3 Å². The topological polar surface area (TPSA) is 315 Å². The predicted octanol–water partition coefficient (Wildman–Crippen LogP) is -3.40. The average Bonchev–Trinajstić information content (AvgIpc) is 3.43. The molecule has 6 unspecified atom stereocenters. The van der Waals surface area contributed by atoms with Crippen LogP contribution in [0.2, 0.25) is 0 Å². The third-order valence-corrected chi connectivity index (χ3v) is 9.23. The van der Waals surface area contributed by atoms with Crippen LogP contribution >= 0.6 is 14.5 Å². The van der Waals surface area contributed by atoms with E-state index in [9.17, 15) is 45.0 Å². The number of nitrogens with two attached hydrogens (primary N) is 1. The zero-order chi connectivity index (χ0) is 29.6. The fraction of sp³-hybridized carbons (Fsp3) is 0.588. The number of anilines is 1. The standard InChI is InChI=1S/C17H25N5O15P2S/c18-14-7-15(20-3-19-14)22(4-21-7)16-11(28)8(25)6(34-16)2-33-39(32,40)37-38(30,31)36-17-12(29)9(26)10(27)13(35-17)5(24)1-23/h3-5,9-13,16-17,23-29H,1-2H2,(H,30,31)(H,32,40)(H2,18,19,20)/t5-,9?,10+,11?,12?,13?,16-,17+,39?/m1/s1. The van der Waals surface area contributed by atoms with Crippen LogP contribution in [0.25, 0.3) is 11.2 Å². The largest absolute Gasteiger partial charge is 0.506 e. The molecule has 2 aromatic heterocycles. The van der Waals surface area contributed by atoms with Crippen molar-refractivity contribution in [2.75, 3.05) is 18.9 Å². The molecule has 1 fully saturated rings. The van der Waals surface area contributed by atoms with Crippen LogP contribution < -0.4 is 5.73 Å². The van der Waals surface area contributed by atoms with Gasteiger partial charge in [0, 0.05) is 0 Å². The van der Waals surface area contributed by atoms with E-state index in [1.54, 1.807) is 0 Å². The molecular formula is C17H25N5O15P2S. The highest BCUT2D eigenvalue weighted by molar-refractivity contribution is 8.08. The Hall–Kier alpha value is -1.91. The number of phosphoric acid groups is 1. The van der Waals surface area contributed by atoms with Gasteiger partial charge in [0.1, 0.15) is 55.3 Å². The van der Waals surface area contributed by atoms with E-state index in [0.717, 1.165) is 6.33 Å². The quantitative estimate of drug-likeness (QED) is 0.114. The molecule has 11 N–H and O–H groups in total. The smallest absolute Gasteiger partial charge is 0.481 e. The van der Waals surface area contributed by atoms with Crippen LogP contribution in [0.3, 0.4) is 0 Å². The number of nitrogen functional groups attached to an aromatic ring is 1. The SMILES string of the molecule is Nc1ncnc2c1ncn2[C@@H]1OC(COP(O)(=S)OP(=O)(O)O[C@@H]2OC([C@H](O)CO)[C@@H](O)C(O)C2O)=C(O)C1O. The Bertz CT molecular complexity index is 1360. The number of fused-ring (bicyclic) bond motifs is 1. The minimum atomic E-state index is -5.46. The highest BCUT2D eigenvalue weighted by Crippen LogP contribution is 2.62. The fourth-order valence-electron chi connectivity index (χ4n) is 3.77. The lowest BCUT2D eigenvalue weighted by Gasteiger charge is -2.41. The number of aromatic nitrogens is 4. The molecule has 10 atom stereocenters. The lowest BCUT2D eigenvalue weighted by molar-refractivity contribution is -0.292. The van der Waals surface area contributed by atoms with Crippen LogP contribution in [0.4, 0.5) is 5.82 Å². The van der Waals surface area contributed by atoms with Gasteiger partial charge in [-0.1, -0.05) is 0 Å². The molecule has 2 aliphatic rings. The number of imidazole rings is 1. The Morgan fingerprint density at radius 1 is 1.15 bits per heavy atom. The fourth-order valence-corrected chi connectivity index (χ4v) is 6.79. The Labute approximate surface area is 228 Å². The van der Waals surface area contributed by atoms with Crippen LogP contribution in [0.15, 0.2) is 24.2 Å². The van der Waals surface area contributed by atoms with Crippen molar-refractivity contribution in [3.8, 4) is 0 Å². The third-order valence-electron chi connectivity index (χ3n) is 5.74. The average molecular weight is 633 g/mol. The molecule has 23 heteroatoms. The Kier molecular flexibility index (Phi) is 9.13. The molecule has 20 nitrogen and oxygen atoms in total. The summed E-state index contributed by atoms with van der Waals surface area (Å²) in [4.78, 5) is 32.1. The zero-order valence-electron chi connectivity index (χ0n) is 19.8. The summed E-state index contributed by atoms with van der Waals surface area (Å²) in [6.45, 7) is -6.53. The summed E-state index contributed by atoms with van der Waals surface area (Å²) >= 11 is 4.68.